The second-order valence-corrected chi connectivity index (χ2v) is 8.28. The lowest BCUT2D eigenvalue weighted by atomic mass is 10.0. The Hall–Kier alpha value is -2.02. The molecule has 4 rings (SSSR count). The molecule has 0 spiro atoms. The van der Waals surface area contributed by atoms with Gasteiger partial charge < -0.3 is 15.1 Å². The molecule has 1 aromatic carbocycles. The van der Waals surface area contributed by atoms with E-state index >= 15 is 0 Å². The third kappa shape index (κ3) is 4.19. The lowest BCUT2D eigenvalue weighted by molar-refractivity contribution is -0.0222. The van der Waals surface area contributed by atoms with Gasteiger partial charge in [0.2, 0.25) is 5.95 Å². The topological polar surface area (TPSA) is 44.3 Å². The van der Waals surface area contributed by atoms with Crippen LogP contribution < -0.4 is 10.2 Å². The summed E-state index contributed by atoms with van der Waals surface area (Å²) in [6, 6.07) is 8.87. The lowest BCUT2D eigenvalue weighted by Crippen LogP contribution is -2.42. The highest BCUT2D eigenvalue weighted by Crippen LogP contribution is 2.31. The number of halogens is 2. The van der Waals surface area contributed by atoms with Crippen molar-refractivity contribution in [3.05, 3.63) is 24.3 Å². The highest BCUT2D eigenvalue weighted by atomic mass is 19.3. The minimum Gasteiger partial charge on any atom is -0.367 e. The number of hydrogen-bond acceptors (Lipinski definition) is 5. The molecule has 2 aliphatic heterocycles. The largest absolute Gasteiger partial charge is 0.367 e. The number of benzene rings is 1. The summed E-state index contributed by atoms with van der Waals surface area (Å²) >= 11 is 0. The van der Waals surface area contributed by atoms with Crippen LogP contribution in [0.4, 0.5) is 20.5 Å². The van der Waals surface area contributed by atoms with Gasteiger partial charge in [-0.2, -0.15) is 4.98 Å². The summed E-state index contributed by atoms with van der Waals surface area (Å²) in [7, 11) is 0. The van der Waals surface area contributed by atoms with Crippen LogP contribution in [0.5, 0.6) is 0 Å². The average molecular weight is 389 g/mol. The van der Waals surface area contributed by atoms with Gasteiger partial charge in [0.1, 0.15) is 5.82 Å². The summed E-state index contributed by atoms with van der Waals surface area (Å²) in [4.78, 5) is 13.8. The Morgan fingerprint density at radius 3 is 2.39 bits per heavy atom. The molecule has 5 nitrogen and oxygen atoms in total. The second kappa shape index (κ2) is 7.78. The summed E-state index contributed by atoms with van der Waals surface area (Å²) in [6.45, 7) is 7.20. The van der Waals surface area contributed by atoms with Gasteiger partial charge in [0, 0.05) is 56.5 Å². The number of piperidine rings is 2. The number of anilines is 2. The average Bonchev–Trinajstić information content (AvgIpc) is 2.68. The minimum atomic E-state index is -2.57. The van der Waals surface area contributed by atoms with Crippen LogP contribution in [-0.4, -0.2) is 59.1 Å². The summed E-state index contributed by atoms with van der Waals surface area (Å²) in [6.07, 6.45) is 1.86. The van der Waals surface area contributed by atoms with E-state index in [0.29, 0.717) is 18.0 Å². The van der Waals surface area contributed by atoms with E-state index in [1.165, 1.54) is 0 Å². The van der Waals surface area contributed by atoms with Crippen LogP contribution in [0.2, 0.25) is 0 Å². The molecule has 1 aromatic heterocycles. The van der Waals surface area contributed by atoms with E-state index in [0.717, 1.165) is 42.7 Å². The molecule has 0 atom stereocenters. The third-order valence-corrected chi connectivity index (χ3v) is 5.97. The van der Waals surface area contributed by atoms with Crippen LogP contribution in [0.15, 0.2) is 24.3 Å². The molecule has 28 heavy (non-hydrogen) atoms. The summed E-state index contributed by atoms with van der Waals surface area (Å²) in [5, 5.41) is 4.61. The van der Waals surface area contributed by atoms with Crippen LogP contribution in [0, 0.1) is 0 Å². The van der Waals surface area contributed by atoms with Crippen LogP contribution in [0.1, 0.15) is 39.5 Å². The molecule has 7 heteroatoms. The van der Waals surface area contributed by atoms with Crippen molar-refractivity contribution >= 4 is 22.7 Å². The fourth-order valence-corrected chi connectivity index (χ4v) is 4.10. The molecule has 2 aliphatic rings. The second-order valence-electron chi connectivity index (χ2n) is 8.28. The molecule has 1 N–H and O–H groups in total. The zero-order valence-electron chi connectivity index (χ0n) is 16.7. The van der Waals surface area contributed by atoms with Crippen molar-refractivity contribution < 1.29 is 8.78 Å². The molecule has 0 bridgehead atoms. The Bertz CT molecular complexity index is 808. The molecule has 2 saturated heterocycles. The van der Waals surface area contributed by atoms with E-state index in [-0.39, 0.29) is 25.9 Å². The zero-order chi connectivity index (χ0) is 19.7. The number of nitrogens with zero attached hydrogens (tertiary/aromatic N) is 4. The van der Waals surface area contributed by atoms with Crippen molar-refractivity contribution in [3.8, 4) is 0 Å². The minimum absolute atomic E-state index is 0.139. The summed E-state index contributed by atoms with van der Waals surface area (Å²) < 4.78 is 27.1. The Balaban J connectivity index is 1.55. The standard InChI is InChI=1S/C21H29F2N5/c1-15(2)27-11-7-16(8-12-27)24-19-17-5-3-4-6-18(17)25-20(26-19)28-13-9-21(22,23)10-14-28/h3-6,15-16H,7-14H2,1-2H3,(H,24,25,26). The number of fused-ring (bicyclic) bond motifs is 1. The molecule has 0 radical (unpaired) electrons. The molecule has 3 heterocycles. The van der Waals surface area contributed by atoms with E-state index in [4.69, 9.17) is 4.98 Å². The first-order valence-corrected chi connectivity index (χ1v) is 10.3. The summed E-state index contributed by atoms with van der Waals surface area (Å²) in [5.41, 5.74) is 0.854. The number of rotatable bonds is 4. The molecule has 0 unspecified atom stereocenters. The monoisotopic (exact) mass is 389 g/mol. The number of nitrogens with one attached hydrogen (secondary N) is 1. The highest BCUT2D eigenvalue weighted by Gasteiger charge is 2.35. The number of alkyl halides is 2. The van der Waals surface area contributed by atoms with Gasteiger partial charge in [-0.05, 0) is 38.8 Å². The van der Waals surface area contributed by atoms with Gasteiger partial charge in [0.05, 0.1) is 5.52 Å². The van der Waals surface area contributed by atoms with Crippen molar-refractivity contribution in [3.63, 3.8) is 0 Å². The Labute approximate surface area is 165 Å². The molecule has 0 amide bonds. The first-order chi connectivity index (χ1) is 13.4. The number of aromatic nitrogens is 2. The number of para-hydroxylation sites is 1. The maximum Gasteiger partial charge on any atom is 0.251 e. The van der Waals surface area contributed by atoms with Gasteiger partial charge in [-0.1, -0.05) is 12.1 Å². The van der Waals surface area contributed by atoms with Gasteiger partial charge in [-0.25, -0.2) is 13.8 Å². The predicted octanol–water partition coefficient (Wildman–Crippen LogP) is 4.15. The van der Waals surface area contributed by atoms with Crippen molar-refractivity contribution in [2.24, 2.45) is 0 Å². The quantitative estimate of drug-likeness (QED) is 0.851. The Morgan fingerprint density at radius 1 is 1.04 bits per heavy atom. The van der Waals surface area contributed by atoms with E-state index in [1.807, 2.05) is 29.2 Å². The van der Waals surface area contributed by atoms with Crippen LogP contribution >= 0.6 is 0 Å². The summed E-state index contributed by atoms with van der Waals surface area (Å²) in [5.74, 6) is -1.20. The fourth-order valence-electron chi connectivity index (χ4n) is 4.10. The lowest BCUT2D eigenvalue weighted by Gasteiger charge is -2.35. The number of likely N-dealkylation sites (tertiary alicyclic amines) is 1. The predicted molar refractivity (Wildman–Crippen MR) is 109 cm³/mol. The smallest absolute Gasteiger partial charge is 0.251 e. The van der Waals surface area contributed by atoms with E-state index in [2.05, 4.69) is 29.0 Å². The molecule has 0 saturated carbocycles. The molecular formula is C21H29F2N5. The maximum atomic E-state index is 13.5. The Kier molecular flexibility index (Phi) is 5.36. The third-order valence-electron chi connectivity index (χ3n) is 5.97. The maximum absolute atomic E-state index is 13.5. The van der Waals surface area contributed by atoms with Crippen molar-refractivity contribution in [2.45, 2.75) is 57.5 Å². The molecule has 152 valence electrons. The van der Waals surface area contributed by atoms with Crippen LogP contribution in [0.3, 0.4) is 0 Å². The molecule has 0 aliphatic carbocycles. The highest BCUT2D eigenvalue weighted by molar-refractivity contribution is 5.90. The first kappa shape index (κ1) is 19.3. The zero-order valence-corrected chi connectivity index (χ0v) is 16.7. The van der Waals surface area contributed by atoms with E-state index in [9.17, 15) is 8.78 Å². The molecule has 2 fully saturated rings. The van der Waals surface area contributed by atoms with Crippen LogP contribution in [-0.2, 0) is 0 Å². The van der Waals surface area contributed by atoms with Gasteiger partial charge in [-0.3, -0.25) is 0 Å². The SMILES string of the molecule is CC(C)N1CCC(Nc2nc(N3CCC(F)(F)CC3)nc3ccccc23)CC1. The fraction of sp³-hybridized carbons (Fsp3) is 0.619. The molecular weight excluding hydrogens is 360 g/mol. The van der Waals surface area contributed by atoms with E-state index in [1.54, 1.807) is 0 Å². The van der Waals surface area contributed by atoms with Crippen molar-refractivity contribution in [1.29, 1.82) is 0 Å². The van der Waals surface area contributed by atoms with Gasteiger partial charge in [-0.15, -0.1) is 0 Å². The van der Waals surface area contributed by atoms with Crippen molar-refractivity contribution in [2.75, 3.05) is 36.4 Å². The van der Waals surface area contributed by atoms with Gasteiger partial charge >= 0.3 is 0 Å². The van der Waals surface area contributed by atoms with Gasteiger partial charge in [0.15, 0.2) is 0 Å². The van der Waals surface area contributed by atoms with Crippen molar-refractivity contribution in [1.82, 2.24) is 14.9 Å². The normalized spacial score (nSPS) is 21.4. The number of hydrogen-bond donors (Lipinski definition) is 1. The molecule has 2 aromatic rings. The Morgan fingerprint density at radius 2 is 1.71 bits per heavy atom. The van der Waals surface area contributed by atoms with E-state index < -0.39 is 5.92 Å². The van der Waals surface area contributed by atoms with Gasteiger partial charge in [0.25, 0.3) is 5.92 Å². The first-order valence-electron chi connectivity index (χ1n) is 10.3. The van der Waals surface area contributed by atoms with Crippen LogP contribution in [0.25, 0.3) is 10.9 Å².